The molecule has 3 atom stereocenters. The van der Waals surface area contributed by atoms with Gasteiger partial charge < -0.3 is 24.4 Å². The second-order valence-electron chi connectivity index (χ2n) is 9.87. The van der Waals surface area contributed by atoms with Gasteiger partial charge in [0.2, 0.25) is 0 Å². The molecule has 1 heterocycles. The van der Waals surface area contributed by atoms with Crippen molar-refractivity contribution in [2.24, 2.45) is 5.92 Å². The van der Waals surface area contributed by atoms with Crippen LogP contribution in [0.15, 0.2) is 48.5 Å². The fourth-order valence-corrected chi connectivity index (χ4v) is 6.14. The summed E-state index contributed by atoms with van der Waals surface area (Å²) in [5.41, 5.74) is 1.57. The molecular weight excluding hydrogens is 492 g/mol. The van der Waals surface area contributed by atoms with E-state index in [0.29, 0.717) is 43.2 Å². The van der Waals surface area contributed by atoms with Gasteiger partial charge in [-0.15, -0.1) is 0 Å². The average molecular weight is 533 g/mol. The lowest BCUT2D eigenvalue weighted by molar-refractivity contribution is 0.0554. The first-order valence-electron chi connectivity index (χ1n) is 12.7. The molecule has 0 spiro atoms. The van der Waals surface area contributed by atoms with Gasteiger partial charge in [-0.25, -0.2) is 8.42 Å². The van der Waals surface area contributed by atoms with E-state index >= 15 is 0 Å². The van der Waals surface area contributed by atoms with Gasteiger partial charge in [-0.1, -0.05) is 30.3 Å². The highest BCUT2D eigenvalue weighted by Crippen LogP contribution is 2.35. The minimum Gasteiger partial charge on any atom is -0.493 e. The van der Waals surface area contributed by atoms with Crippen LogP contribution in [-0.2, 0) is 14.6 Å². The van der Waals surface area contributed by atoms with E-state index in [9.17, 15) is 13.2 Å². The molecule has 2 aromatic rings. The molecule has 0 bridgehead atoms. The van der Waals surface area contributed by atoms with Gasteiger partial charge in [0, 0.05) is 62.9 Å². The van der Waals surface area contributed by atoms with Gasteiger partial charge in [-0.2, -0.15) is 0 Å². The van der Waals surface area contributed by atoms with Crippen LogP contribution in [0.1, 0.15) is 42.1 Å². The molecule has 37 heavy (non-hydrogen) atoms. The molecule has 1 saturated heterocycles. The van der Waals surface area contributed by atoms with Crippen molar-refractivity contribution >= 4 is 15.7 Å². The number of hydrogen-bond acceptors (Lipinski definition) is 7. The maximum atomic E-state index is 14.0. The molecule has 0 aliphatic carbocycles. The predicted molar refractivity (Wildman–Crippen MR) is 145 cm³/mol. The third-order valence-corrected chi connectivity index (χ3v) is 7.71. The maximum Gasteiger partial charge on any atom is 0.254 e. The average Bonchev–Trinajstić information content (AvgIpc) is 3.35. The zero-order valence-corrected chi connectivity index (χ0v) is 23.3. The Kier molecular flexibility index (Phi) is 10.4. The lowest BCUT2D eigenvalue weighted by atomic mass is 9.83. The first-order valence-corrected chi connectivity index (χ1v) is 14.8. The second-order valence-corrected chi connectivity index (χ2v) is 12.1. The molecule has 0 radical (unpaired) electrons. The minimum atomic E-state index is -3.38. The number of ether oxygens (including phenoxy) is 3. The normalized spacial score (nSPS) is 18.5. The molecule has 8 nitrogen and oxygen atoms in total. The van der Waals surface area contributed by atoms with Gasteiger partial charge in [0.25, 0.3) is 5.91 Å². The highest BCUT2D eigenvalue weighted by molar-refractivity contribution is 7.90. The Morgan fingerprint density at radius 1 is 1.05 bits per heavy atom. The summed E-state index contributed by atoms with van der Waals surface area (Å²) in [6, 6.07) is 14.5. The summed E-state index contributed by atoms with van der Waals surface area (Å²) < 4.78 is 41.7. The molecule has 1 unspecified atom stereocenters. The van der Waals surface area contributed by atoms with Crippen LogP contribution in [0.2, 0.25) is 0 Å². The van der Waals surface area contributed by atoms with Crippen molar-refractivity contribution in [1.82, 2.24) is 10.2 Å². The van der Waals surface area contributed by atoms with Gasteiger partial charge in [-0.05, 0) is 37.6 Å². The number of nitrogens with one attached hydrogen (secondary N) is 1. The topological polar surface area (TPSA) is 94.2 Å². The third kappa shape index (κ3) is 7.69. The van der Waals surface area contributed by atoms with Crippen molar-refractivity contribution in [3.63, 3.8) is 0 Å². The van der Waals surface area contributed by atoms with Gasteiger partial charge in [-0.3, -0.25) is 4.79 Å². The number of rotatable bonds is 13. The van der Waals surface area contributed by atoms with Crippen LogP contribution in [0, 0.1) is 5.92 Å². The Labute approximate surface area is 221 Å². The van der Waals surface area contributed by atoms with Crippen LogP contribution in [0.25, 0.3) is 0 Å². The number of sulfone groups is 1. The van der Waals surface area contributed by atoms with E-state index < -0.39 is 15.9 Å². The molecule has 0 saturated carbocycles. The number of methoxy groups -OCH3 is 2. The Morgan fingerprint density at radius 3 is 2.41 bits per heavy atom. The van der Waals surface area contributed by atoms with Crippen LogP contribution < -0.4 is 14.8 Å². The van der Waals surface area contributed by atoms with Crippen molar-refractivity contribution in [3.8, 4) is 11.5 Å². The summed E-state index contributed by atoms with van der Waals surface area (Å²) in [5, 5.41) is 3.44. The van der Waals surface area contributed by atoms with E-state index in [1.807, 2.05) is 32.0 Å². The summed E-state index contributed by atoms with van der Waals surface area (Å²) in [6.45, 7) is 6.20. The Morgan fingerprint density at radius 2 is 1.78 bits per heavy atom. The van der Waals surface area contributed by atoms with E-state index in [-0.39, 0.29) is 29.5 Å². The van der Waals surface area contributed by atoms with E-state index in [1.54, 1.807) is 37.3 Å². The first-order chi connectivity index (χ1) is 17.7. The first kappa shape index (κ1) is 28.9. The van der Waals surface area contributed by atoms with Crippen LogP contribution in [0.4, 0.5) is 0 Å². The smallest absolute Gasteiger partial charge is 0.254 e. The van der Waals surface area contributed by atoms with Crippen molar-refractivity contribution in [2.75, 3.05) is 52.5 Å². The van der Waals surface area contributed by atoms with Gasteiger partial charge in [0.05, 0.1) is 25.5 Å². The minimum absolute atomic E-state index is 0.0634. The SMILES string of the molecule is COCCCOc1cc(C(=O)N(C(C)C)C(CS(C)(=O)=O)[C@@H]2CNC[C@@H]2c2ccccc2)ccc1OC. The van der Waals surface area contributed by atoms with Crippen molar-refractivity contribution in [2.45, 2.75) is 38.3 Å². The quantitative estimate of drug-likeness (QED) is 0.395. The molecule has 3 rings (SSSR count). The van der Waals surface area contributed by atoms with Gasteiger partial charge in [0.15, 0.2) is 11.5 Å². The number of nitrogens with zero attached hydrogens (tertiary/aromatic N) is 1. The van der Waals surface area contributed by atoms with Crippen LogP contribution in [0.5, 0.6) is 11.5 Å². The Bertz CT molecular complexity index is 1120. The van der Waals surface area contributed by atoms with Gasteiger partial charge >= 0.3 is 0 Å². The van der Waals surface area contributed by atoms with E-state index in [2.05, 4.69) is 17.4 Å². The Hall–Kier alpha value is -2.62. The second kappa shape index (κ2) is 13.3. The van der Waals surface area contributed by atoms with E-state index in [1.165, 1.54) is 6.26 Å². The van der Waals surface area contributed by atoms with Crippen molar-refractivity contribution in [3.05, 3.63) is 59.7 Å². The maximum absolute atomic E-state index is 14.0. The lowest BCUT2D eigenvalue weighted by Gasteiger charge is -2.40. The standard InChI is InChI=1S/C28H40N2O6S/c1-20(2)30(28(31)22-12-13-26(35-4)27(16-22)36-15-9-14-34-3)25(19-37(5,32)33)24-18-29-17-23(24)21-10-7-6-8-11-21/h6-8,10-13,16,20,23-25,29H,9,14-15,17-19H2,1-5H3/t23-,24-,25?/m1/s1. The van der Waals surface area contributed by atoms with Crippen LogP contribution >= 0.6 is 0 Å². The lowest BCUT2D eigenvalue weighted by Crippen LogP contribution is -2.53. The zero-order valence-electron chi connectivity index (χ0n) is 22.5. The highest BCUT2D eigenvalue weighted by Gasteiger charge is 2.42. The molecule has 0 aromatic heterocycles. The molecule has 1 N–H and O–H groups in total. The summed E-state index contributed by atoms with van der Waals surface area (Å²) in [4.78, 5) is 15.8. The molecule has 1 fully saturated rings. The van der Waals surface area contributed by atoms with E-state index in [4.69, 9.17) is 14.2 Å². The predicted octanol–water partition coefficient (Wildman–Crippen LogP) is 3.38. The van der Waals surface area contributed by atoms with Crippen LogP contribution in [0.3, 0.4) is 0 Å². The number of hydrogen-bond donors (Lipinski definition) is 1. The summed E-state index contributed by atoms with van der Waals surface area (Å²) in [6.07, 6.45) is 1.93. The molecule has 1 aliphatic heterocycles. The largest absolute Gasteiger partial charge is 0.493 e. The molecule has 1 amide bonds. The van der Waals surface area contributed by atoms with E-state index in [0.717, 1.165) is 12.1 Å². The summed E-state index contributed by atoms with van der Waals surface area (Å²) >= 11 is 0. The Balaban J connectivity index is 1.97. The fraction of sp³-hybridized carbons (Fsp3) is 0.536. The molecule has 9 heteroatoms. The number of carbonyl (C=O) groups excluding carboxylic acids is 1. The third-order valence-electron chi connectivity index (χ3n) is 6.77. The number of carbonyl (C=O) groups is 1. The zero-order chi connectivity index (χ0) is 27.0. The fourth-order valence-electron chi connectivity index (χ4n) is 5.11. The number of amides is 1. The summed E-state index contributed by atoms with van der Waals surface area (Å²) in [7, 11) is -0.187. The molecule has 1 aliphatic rings. The summed E-state index contributed by atoms with van der Waals surface area (Å²) in [5.74, 6) is 0.693. The molecule has 2 aromatic carbocycles. The monoisotopic (exact) mass is 532 g/mol. The molecular formula is C28H40N2O6S. The highest BCUT2D eigenvalue weighted by atomic mass is 32.2. The molecule has 204 valence electrons. The van der Waals surface area contributed by atoms with Crippen molar-refractivity contribution < 1.29 is 27.4 Å². The van der Waals surface area contributed by atoms with Crippen molar-refractivity contribution in [1.29, 1.82) is 0 Å². The number of benzene rings is 2. The van der Waals surface area contributed by atoms with Gasteiger partial charge in [0.1, 0.15) is 9.84 Å². The van der Waals surface area contributed by atoms with Crippen LogP contribution in [-0.4, -0.2) is 83.8 Å².